The van der Waals surface area contributed by atoms with Gasteiger partial charge in [-0.05, 0) is 0 Å². The Morgan fingerprint density at radius 2 is 2.20 bits per heavy atom. The van der Waals surface area contributed by atoms with Crippen LogP contribution in [0.3, 0.4) is 0 Å². The summed E-state index contributed by atoms with van der Waals surface area (Å²) in [7, 11) is 1.34. The predicted octanol–water partition coefficient (Wildman–Crippen LogP) is -0.664. The maximum atomic E-state index is 10.8. The fourth-order valence-electron chi connectivity index (χ4n) is 0.553. The van der Waals surface area contributed by atoms with Crippen molar-refractivity contribution in [1.29, 1.82) is 0 Å². The van der Waals surface area contributed by atoms with Crippen LogP contribution in [0.25, 0.3) is 0 Å². The van der Waals surface area contributed by atoms with E-state index in [0.29, 0.717) is 0 Å². The van der Waals surface area contributed by atoms with Crippen LogP contribution in [-0.4, -0.2) is 9.31 Å². The van der Waals surface area contributed by atoms with Crippen molar-refractivity contribution >= 4 is 11.6 Å². The van der Waals surface area contributed by atoms with E-state index in [0.717, 1.165) is 9.31 Å². The molecule has 1 aromatic rings. The van der Waals surface area contributed by atoms with Crippen LogP contribution in [0.1, 0.15) is 0 Å². The van der Waals surface area contributed by atoms with Gasteiger partial charge in [0.25, 0.3) is 0 Å². The fourth-order valence-corrected chi connectivity index (χ4v) is 0.753. The second-order valence-corrected chi connectivity index (χ2v) is 1.92. The van der Waals surface area contributed by atoms with Crippen LogP contribution >= 0.6 is 11.6 Å². The van der Waals surface area contributed by atoms with E-state index in [1.807, 2.05) is 0 Å². The van der Waals surface area contributed by atoms with Crippen molar-refractivity contribution in [2.45, 2.75) is 6.00 Å². The van der Waals surface area contributed by atoms with Crippen molar-refractivity contribution in [1.82, 2.24) is 9.31 Å². The molecule has 0 aromatic carbocycles. The van der Waals surface area contributed by atoms with Crippen molar-refractivity contribution in [3.8, 4) is 0 Å². The molecule has 10 heavy (non-hydrogen) atoms. The van der Waals surface area contributed by atoms with E-state index in [4.69, 9.17) is 11.6 Å². The van der Waals surface area contributed by atoms with Gasteiger partial charge in [0.05, 0.1) is 7.05 Å². The quantitative estimate of drug-likeness (QED) is 0.518. The average molecular weight is 165 g/mol. The van der Waals surface area contributed by atoms with Crippen LogP contribution in [0.4, 0.5) is 0 Å². The molecule has 0 saturated carbocycles. The lowest BCUT2D eigenvalue weighted by Gasteiger charge is -1.82. The third-order valence-corrected chi connectivity index (χ3v) is 1.29. The second kappa shape index (κ2) is 2.34. The van der Waals surface area contributed by atoms with Gasteiger partial charge in [-0.3, -0.25) is 0 Å². The Hall–Kier alpha value is -0.970. The number of alkyl halides is 1. The molecule has 1 aromatic heterocycles. The highest BCUT2D eigenvalue weighted by atomic mass is 35.5. The molecule has 0 saturated heterocycles. The predicted molar refractivity (Wildman–Crippen MR) is 34.1 cm³/mol. The van der Waals surface area contributed by atoms with Gasteiger partial charge in [-0.2, -0.15) is 4.74 Å². The van der Waals surface area contributed by atoms with Gasteiger partial charge in [-0.15, -0.1) is 11.6 Å². The molecule has 0 N–H and O–H groups in total. The Bertz CT molecular complexity index is 333. The van der Waals surface area contributed by atoms with Crippen LogP contribution in [0.2, 0.25) is 0 Å². The van der Waals surface area contributed by atoms with Gasteiger partial charge in [0.15, 0.2) is 0 Å². The van der Waals surface area contributed by atoms with E-state index in [1.165, 1.54) is 7.05 Å². The zero-order valence-electron chi connectivity index (χ0n) is 5.20. The number of nitrogens with zero attached hydrogens (tertiary/aromatic N) is 2. The maximum Gasteiger partial charge on any atom is 0.443 e. The lowest BCUT2D eigenvalue weighted by molar-refractivity contribution is 0.275. The molecule has 0 atom stereocenters. The van der Waals surface area contributed by atoms with Gasteiger partial charge in [-0.25, -0.2) is 14.2 Å². The molecular weight excluding hydrogens is 160 g/mol. The summed E-state index contributed by atoms with van der Waals surface area (Å²) in [5.41, 5.74) is -0.542. The molecule has 0 aliphatic rings. The molecule has 0 unspecified atom stereocenters. The largest absolute Gasteiger partial charge is 0.443 e. The van der Waals surface area contributed by atoms with E-state index in [9.17, 15) is 9.59 Å². The third kappa shape index (κ3) is 0.881. The van der Waals surface area contributed by atoms with Crippen LogP contribution in [-0.2, 0) is 13.1 Å². The zero-order valence-corrected chi connectivity index (χ0v) is 5.96. The number of rotatable bonds is 1. The molecule has 0 aliphatic carbocycles. The highest BCUT2D eigenvalue weighted by molar-refractivity contribution is 6.15. The molecule has 0 amide bonds. The Balaban J connectivity index is 3.49. The number of aryl methyl sites for hydroxylation is 1. The molecule has 0 spiro atoms. The van der Waals surface area contributed by atoms with Crippen LogP contribution in [0.5, 0.6) is 0 Å². The van der Waals surface area contributed by atoms with Crippen LogP contribution in [0.15, 0.2) is 14.1 Å². The lowest BCUT2D eigenvalue weighted by Crippen LogP contribution is -2.26. The molecule has 6 heteroatoms. The first-order chi connectivity index (χ1) is 4.66. The summed E-state index contributed by atoms with van der Waals surface area (Å²) in [6.45, 7) is 0. The van der Waals surface area contributed by atoms with Gasteiger partial charge in [-0.1, -0.05) is 0 Å². The Morgan fingerprint density at radius 1 is 1.60 bits per heavy atom. The number of halogens is 1. The molecule has 0 fully saturated rings. The highest BCUT2D eigenvalue weighted by Gasteiger charge is 2.05. The molecule has 0 aliphatic heterocycles. The van der Waals surface area contributed by atoms with Gasteiger partial charge >= 0.3 is 11.4 Å². The number of hydrogen-bond acceptors (Lipinski definition) is 3. The van der Waals surface area contributed by atoms with E-state index in [1.54, 1.807) is 0 Å². The molecule has 0 bridgehead atoms. The topological polar surface area (TPSA) is 57.1 Å². The first-order valence-electron chi connectivity index (χ1n) is 2.50. The molecule has 5 nitrogen and oxygen atoms in total. The van der Waals surface area contributed by atoms with Gasteiger partial charge < -0.3 is 4.52 Å². The summed E-state index contributed by atoms with van der Waals surface area (Å²) in [4.78, 5) is 21.4. The Morgan fingerprint density at radius 3 is 2.40 bits per heavy atom. The van der Waals surface area contributed by atoms with Crippen molar-refractivity contribution in [3.05, 3.63) is 21.0 Å². The lowest BCUT2D eigenvalue weighted by atomic mass is 11.0. The SMILES string of the molecule is Cn1oc(=O)n(CCl)c1=O. The first kappa shape index (κ1) is 7.14. The summed E-state index contributed by atoms with van der Waals surface area (Å²) < 4.78 is 5.97. The minimum atomic E-state index is -0.734. The Labute approximate surface area is 60.4 Å². The van der Waals surface area contributed by atoms with Crippen LogP contribution in [0, 0.1) is 0 Å². The highest BCUT2D eigenvalue weighted by Crippen LogP contribution is 1.77. The van der Waals surface area contributed by atoms with E-state index >= 15 is 0 Å². The smallest absolute Gasteiger partial charge is 0.317 e. The standard InChI is InChI=1S/C4H5ClN2O3/c1-6-3(8)7(2-5)4(9)10-6/h2H2,1H3. The Kier molecular flexibility index (Phi) is 1.67. The first-order valence-corrected chi connectivity index (χ1v) is 3.03. The van der Waals surface area contributed by atoms with Gasteiger partial charge in [0.2, 0.25) is 0 Å². The van der Waals surface area contributed by atoms with Crippen molar-refractivity contribution in [3.63, 3.8) is 0 Å². The minimum absolute atomic E-state index is 0.179. The van der Waals surface area contributed by atoms with E-state index < -0.39 is 11.4 Å². The molecular formula is C4H5ClN2O3. The summed E-state index contributed by atoms with van der Waals surface area (Å²) in [6.07, 6.45) is 0. The second-order valence-electron chi connectivity index (χ2n) is 1.68. The number of aromatic nitrogens is 2. The third-order valence-electron chi connectivity index (χ3n) is 1.06. The zero-order chi connectivity index (χ0) is 7.72. The van der Waals surface area contributed by atoms with E-state index in [-0.39, 0.29) is 6.00 Å². The summed E-state index contributed by atoms with van der Waals surface area (Å²) in [5, 5.41) is 0. The maximum absolute atomic E-state index is 10.8. The van der Waals surface area contributed by atoms with Gasteiger partial charge in [0, 0.05) is 0 Å². The molecule has 0 radical (unpaired) electrons. The minimum Gasteiger partial charge on any atom is -0.317 e. The van der Waals surface area contributed by atoms with E-state index in [2.05, 4.69) is 4.52 Å². The van der Waals surface area contributed by atoms with Crippen molar-refractivity contribution in [2.75, 3.05) is 0 Å². The van der Waals surface area contributed by atoms with Crippen molar-refractivity contribution in [2.24, 2.45) is 7.05 Å². The monoisotopic (exact) mass is 164 g/mol. The van der Waals surface area contributed by atoms with Crippen LogP contribution < -0.4 is 11.4 Å². The molecule has 56 valence electrons. The van der Waals surface area contributed by atoms with Gasteiger partial charge in [0.1, 0.15) is 6.00 Å². The fraction of sp³-hybridized carbons (Fsp3) is 0.500. The number of hydrogen-bond donors (Lipinski definition) is 0. The average Bonchev–Trinajstić information content (AvgIpc) is 2.09. The molecule has 1 rings (SSSR count). The van der Waals surface area contributed by atoms with Crippen molar-refractivity contribution < 1.29 is 4.52 Å². The molecule has 1 heterocycles. The summed E-state index contributed by atoms with van der Waals surface area (Å²) >= 11 is 5.24. The normalized spacial score (nSPS) is 10.2. The summed E-state index contributed by atoms with van der Waals surface area (Å²) in [6, 6.07) is -0.179. The summed E-state index contributed by atoms with van der Waals surface area (Å²) in [5.74, 6) is -0.734.